The molecule has 2 rings (SSSR count). The van der Waals surface area contributed by atoms with Gasteiger partial charge in [0.1, 0.15) is 0 Å². The van der Waals surface area contributed by atoms with Crippen LogP contribution in [0.15, 0.2) is 0 Å². The van der Waals surface area contributed by atoms with E-state index in [1.54, 1.807) is 0 Å². The topological polar surface area (TPSA) is 35.6 Å². The van der Waals surface area contributed by atoms with Crippen molar-refractivity contribution in [3.8, 4) is 0 Å². The molecule has 2 fully saturated rings. The Balaban J connectivity index is 1.71. The lowest BCUT2D eigenvalue weighted by Crippen LogP contribution is -2.54. The maximum atomic E-state index is 12.6. The zero-order valence-electron chi connectivity index (χ0n) is 14.7. The Hall–Kier alpha value is -0.820. The summed E-state index contributed by atoms with van der Waals surface area (Å²) in [7, 11) is 0. The largest absolute Gasteiger partial charge is 0.390 e. The highest BCUT2D eigenvalue weighted by atomic mass is 19.4. The van der Waals surface area contributed by atoms with E-state index in [-0.39, 0.29) is 24.5 Å². The molecule has 0 bridgehead atoms. The van der Waals surface area contributed by atoms with Crippen LogP contribution in [0, 0.1) is 0 Å². The minimum absolute atomic E-state index is 0.0794. The predicted molar refractivity (Wildman–Crippen MR) is 87.8 cm³/mol. The molecular formula is C17H30F3N3O. The van der Waals surface area contributed by atoms with E-state index in [1.165, 1.54) is 6.42 Å². The summed E-state index contributed by atoms with van der Waals surface area (Å²) < 4.78 is 36.8. The van der Waals surface area contributed by atoms with Crippen molar-refractivity contribution < 1.29 is 18.0 Å². The molecule has 4 nitrogen and oxygen atoms in total. The van der Waals surface area contributed by atoms with Gasteiger partial charge in [0, 0.05) is 25.2 Å². The van der Waals surface area contributed by atoms with Crippen LogP contribution in [-0.4, -0.2) is 66.2 Å². The van der Waals surface area contributed by atoms with Gasteiger partial charge in [0.15, 0.2) is 0 Å². The zero-order chi connectivity index (χ0) is 17.7. The van der Waals surface area contributed by atoms with Gasteiger partial charge in [-0.15, -0.1) is 0 Å². The lowest BCUT2D eigenvalue weighted by atomic mass is 10.0. The van der Waals surface area contributed by atoms with Gasteiger partial charge in [0.25, 0.3) is 0 Å². The van der Waals surface area contributed by atoms with Gasteiger partial charge in [-0.05, 0) is 59.0 Å². The number of nitrogens with zero attached hydrogens (tertiary/aromatic N) is 2. The Morgan fingerprint density at radius 1 is 1.17 bits per heavy atom. The van der Waals surface area contributed by atoms with Crippen molar-refractivity contribution in [2.75, 3.05) is 26.2 Å². The summed E-state index contributed by atoms with van der Waals surface area (Å²) in [6.07, 6.45) is 0.0870. The average molecular weight is 349 g/mol. The molecule has 2 unspecified atom stereocenters. The number of carbonyl (C=O) groups is 1. The second-order valence-electron chi connectivity index (χ2n) is 7.25. The maximum Gasteiger partial charge on any atom is 0.390 e. The van der Waals surface area contributed by atoms with Crippen molar-refractivity contribution >= 4 is 5.91 Å². The van der Waals surface area contributed by atoms with Gasteiger partial charge in [-0.1, -0.05) is 0 Å². The van der Waals surface area contributed by atoms with Gasteiger partial charge in [0.05, 0.1) is 12.5 Å². The lowest BCUT2D eigenvalue weighted by molar-refractivity contribution is -0.139. The van der Waals surface area contributed by atoms with Crippen molar-refractivity contribution in [2.45, 2.75) is 76.7 Å². The van der Waals surface area contributed by atoms with Crippen molar-refractivity contribution in [3.63, 3.8) is 0 Å². The molecule has 2 saturated heterocycles. The van der Waals surface area contributed by atoms with Crippen molar-refractivity contribution in [3.05, 3.63) is 0 Å². The standard InChI is InChI=1S/C17H30F3N3O/c1-13-5-3-4-9-23(13)16(24)14(2)21-15-6-10-22(11-7-15)12-8-17(18,19)20/h13-15,21H,3-12H2,1-2H3. The molecule has 0 aromatic heterocycles. The first-order valence-electron chi connectivity index (χ1n) is 9.12. The number of hydrogen-bond acceptors (Lipinski definition) is 3. The summed E-state index contributed by atoms with van der Waals surface area (Å²) >= 11 is 0. The van der Waals surface area contributed by atoms with Gasteiger partial charge in [-0.25, -0.2) is 0 Å². The van der Waals surface area contributed by atoms with Gasteiger partial charge in [-0.3, -0.25) is 4.79 Å². The molecule has 0 radical (unpaired) electrons. The fourth-order valence-electron chi connectivity index (χ4n) is 3.71. The summed E-state index contributed by atoms with van der Waals surface area (Å²) in [6.45, 7) is 6.24. The lowest BCUT2D eigenvalue weighted by Gasteiger charge is -2.38. The number of piperidine rings is 2. The summed E-state index contributed by atoms with van der Waals surface area (Å²) in [4.78, 5) is 16.4. The molecule has 2 aliphatic heterocycles. The number of likely N-dealkylation sites (tertiary alicyclic amines) is 2. The van der Waals surface area contributed by atoms with Crippen molar-refractivity contribution in [1.29, 1.82) is 0 Å². The van der Waals surface area contributed by atoms with Crippen LogP contribution in [0.2, 0.25) is 0 Å². The molecule has 0 aromatic carbocycles. The van der Waals surface area contributed by atoms with E-state index in [4.69, 9.17) is 0 Å². The number of amides is 1. The van der Waals surface area contributed by atoms with Gasteiger partial charge in [-0.2, -0.15) is 13.2 Å². The molecule has 140 valence electrons. The molecule has 1 amide bonds. The van der Waals surface area contributed by atoms with Gasteiger partial charge < -0.3 is 15.1 Å². The third-order valence-corrected chi connectivity index (χ3v) is 5.24. The highest BCUT2D eigenvalue weighted by Crippen LogP contribution is 2.22. The van der Waals surface area contributed by atoms with Crippen LogP contribution in [0.25, 0.3) is 0 Å². The molecule has 0 aromatic rings. The number of rotatable bonds is 5. The summed E-state index contributed by atoms with van der Waals surface area (Å²) in [6, 6.07) is 0.295. The molecule has 2 heterocycles. The van der Waals surface area contributed by atoms with Crippen LogP contribution in [0.4, 0.5) is 13.2 Å². The fraction of sp³-hybridized carbons (Fsp3) is 0.941. The van der Waals surface area contributed by atoms with Crippen molar-refractivity contribution in [2.24, 2.45) is 0 Å². The third kappa shape index (κ3) is 5.92. The Bertz CT molecular complexity index is 408. The van der Waals surface area contributed by atoms with E-state index in [2.05, 4.69) is 12.2 Å². The Kier molecular flexibility index (Phi) is 6.92. The number of carbonyl (C=O) groups excluding carboxylic acids is 1. The second kappa shape index (κ2) is 8.52. The van der Waals surface area contributed by atoms with E-state index in [9.17, 15) is 18.0 Å². The van der Waals surface area contributed by atoms with Crippen molar-refractivity contribution in [1.82, 2.24) is 15.1 Å². The highest BCUT2D eigenvalue weighted by molar-refractivity contribution is 5.81. The van der Waals surface area contributed by atoms with E-state index in [0.717, 1.165) is 32.2 Å². The van der Waals surface area contributed by atoms with Crippen LogP contribution < -0.4 is 5.32 Å². The predicted octanol–water partition coefficient (Wildman–Crippen LogP) is 2.78. The van der Waals surface area contributed by atoms with Crippen LogP contribution in [0.3, 0.4) is 0 Å². The number of halogens is 3. The first kappa shape index (κ1) is 19.5. The summed E-state index contributed by atoms with van der Waals surface area (Å²) in [5.74, 6) is 0.154. The SMILES string of the molecule is CC(NC1CCN(CCC(F)(F)F)CC1)C(=O)N1CCCCC1C. The van der Waals surface area contributed by atoms with E-state index in [0.29, 0.717) is 19.1 Å². The number of nitrogens with one attached hydrogen (secondary N) is 1. The first-order chi connectivity index (χ1) is 11.3. The highest BCUT2D eigenvalue weighted by Gasteiger charge is 2.31. The van der Waals surface area contributed by atoms with Crippen LogP contribution in [-0.2, 0) is 4.79 Å². The second-order valence-corrected chi connectivity index (χ2v) is 7.25. The molecular weight excluding hydrogens is 319 g/mol. The molecule has 24 heavy (non-hydrogen) atoms. The van der Waals surface area contributed by atoms with E-state index in [1.807, 2.05) is 16.7 Å². The monoisotopic (exact) mass is 349 g/mol. The minimum atomic E-state index is -4.08. The van der Waals surface area contributed by atoms with Gasteiger partial charge in [0.2, 0.25) is 5.91 Å². The zero-order valence-corrected chi connectivity index (χ0v) is 14.7. The average Bonchev–Trinajstić information content (AvgIpc) is 2.53. The summed E-state index contributed by atoms with van der Waals surface area (Å²) in [5.41, 5.74) is 0. The van der Waals surface area contributed by atoms with E-state index < -0.39 is 12.6 Å². The Labute approximate surface area is 142 Å². The van der Waals surface area contributed by atoms with Gasteiger partial charge >= 0.3 is 6.18 Å². The Morgan fingerprint density at radius 2 is 1.83 bits per heavy atom. The number of alkyl halides is 3. The normalized spacial score (nSPS) is 25.7. The molecule has 0 saturated carbocycles. The minimum Gasteiger partial charge on any atom is -0.339 e. The first-order valence-corrected chi connectivity index (χ1v) is 9.12. The molecule has 2 aliphatic rings. The third-order valence-electron chi connectivity index (χ3n) is 5.24. The molecule has 7 heteroatoms. The fourth-order valence-corrected chi connectivity index (χ4v) is 3.71. The Morgan fingerprint density at radius 3 is 2.42 bits per heavy atom. The van der Waals surface area contributed by atoms with Crippen LogP contribution in [0.1, 0.15) is 52.4 Å². The molecule has 2 atom stereocenters. The summed E-state index contributed by atoms with van der Waals surface area (Å²) in [5, 5.41) is 3.39. The molecule has 1 N–H and O–H groups in total. The quantitative estimate of drug-likeness (QED) is 0.829. The molecule has 0 aliphatic carbocycles. The van der Waals surface area contributed by atoms with Crippen LogP contribution >= 0.6 is 0 Å². The smallest absolute Gasteiger partial charge is 0.339 e. The van der Waals surface area contributed by atoms with Crippen LogP contribution in [0.5, 0.6) is 0 Å². The number of hydrogen-bond donors (Lipinski definition) is 1. The maximum absolute atomic E-state index is 12.6. The van der Waals surface area contributed by atoms with E-state index >= 15 is 0 Å². The molecule has 0 spiro atoms.